The fourth-order valence-electron chi connectivity index (χ4n) is 2.56. The smallest absolute Gasteiger partial charge is 0.151 e. The van der Waals surface area contributed by atoms with Gasteiger partial charge in [-0.2, -0.15) is 0 Å². The first-order valence-electron chi connectivity index (χ1n) is 7.22. The summed E-state index contributed by atoms with van der Waals surface area (Å²) in [5.41, 5.74) is 0. The molecule has 0 radical (unpaired) electrons. The molecule has 1 aromatic rings. The summed E-state index contributed by atoms with van der Waals surface area (Å²) in [6, 6.07) is 4.15. The molecule has 0 spiro atoms. The highest BCUT2D eigenvalue weighted by Gasteiger charge is 2.24. The molecule has 1 aliphatic rings. The van der Waals surface area contributed by atoms with Crippen LogP contribution >= 0.6 is 11.6 Å². The molecule has 0 saturated carbocycles. The Kier molecular flexibility index (Phi) is 5.57. The van der Waals surface area contributed by atoms with Gasteiger partial charge >= 0.3 is 0 Å². The molecule has 0 amide bonds. The van der Waals surface area contributed by atoms with Crippen LogP contribution in [0, 0.1) is 5.92 Å². The van der Waals surface area contributed by atoms with Crippen LogP contribution in [0.1, 0.15) is 13.8 Å². The van der Waals surface area contributed by atoms with Crippen molar-refractivity contribution in [3.05, 3.63) is 17.3 Å². The lowest BCUT2D eigenvalue weighted by Crippen LogP contribution is -2.52. The second kappa shape index (κ2) is 7.20. The average molecular weight is 298 g/mol. The largest absolute Gasteiger partial charge is 0.367 e. The van der Waals surface area contributed by atoms with E-state index in [1.807, 2.05) is 6.07 Å². The van der Waals surface area contributed by atoms with Gasteiger partial charge in [0.25, 0.3) is 0 Å². The van der Waals surface area contributed by atoms with Gasteiger partial charge in [0.15, 0.2) is 5.15 Å². The van der Waals surface area contributed by atoms with Gasteiger partial charge in [-0.3, -0.25) is 4.90 Å². The molecule has 1 fully saturated rings. The zero-order chi connectivity index (χ0) is 14.5. The molecule has 0 aliphatic carbocycles. The van der Waals surface area contributed by atoms with E-state index in [1.54, 1.807) is 6.07 Å². The van der Waals surface area contributed by atoms with Crippen LogP contribution in [0.4, 0.5) is 5.82 Å². The van der Waals surface area contributed by atoms with Crippen molar-refractivity contribution < 1.29 is 0 Å². The summed E-state index contributed by atoms with van der Waals surface area (Å²) in [6.07, 6.45) is 0. The number of rotatable bonds is 5. The lowest BCUT2D eigenvalue weighted by molar-refractivity contribution is 0.0944. The Balaban J connectivity index is 1.90. The highest BCUT2D eigenvalue weighted by atomic mass is 35.5. The Bertz CT molecular complexity index is 401. The van der Waals surface area contributed by atoms with E-state index in [2.05, 4.69) is 46.2 Å². The molecular formula is C14H24ClN5. The summed E-state index contributed by atoms with van der Waals surface area (Å²) in [5, 5.41) is 11.7. The molecule has 20 heavy (non-hydrogen) atoms. The Hall–Kier alpha value is -0.910. The van der Waals surface area contributed by atoms with Gasteiger partial charge in [-0.25, -0.2) is 0 Å². The number of nitrogens with one attached hydrogen (secondary N) is 1. The van der Waals surface area contributed by atoms with E-state index in [9.17, 15) is 0 Å². The first-order valence-corrected chi connectivity index (χ1v) is 7.60. The molecule has 1 aliphatic heterocycles. The maximum absolute atomic E-state index is 5.75. The van der Waals surface area contributed by atoms with E-state index in [1.165, 1.54) is 0 Å². The predicted molar refractivity (Wildman–Crippen MR) is 83.2 cm³/mol. The van der Waals surface area contributed by atoms with Crippen LogP contribution in [0.5, 0.6) is 0 Å². The fourth-order valence-corrected chi connectivity index (χ4v) is 2.66. The van der Waals surface area contributed by atoms with E-state index in [-0.39, 0.29) is 0 Å². The number of nitrogens with zero attached hydrogens (tertiary/aromatic N) is 4. The molecular weight excluding hydrogens is 274 g/mol. The van der Waals surface area contributed by atoms with Gasteiger partial charge in [0.2, 0.25) is 0 Å². The van der Waals surface area contributed by atoms with Gasteiger partial charge in [-0.1, -0.05) is 25.4 Å². The topological polar surface area (TPSA) is 44.3 Å². The normalized spacial score (nSPS) is 19.2. The highest BCUT2D eigenvalue weighted by Crippen LogP contribution is 2.15. The standard InChI is InChI=1S/C14H24ClN5/c1-11(2)12(20-8-6-19(3)7-9-20)10-16-14-5-4-13(15)17-18-14/h4-5,11-12H,6-10H2,1-3H3,(H,16,18). The van der Waals surface area contributed by atoms with Crippen LogP contribution in [0.15, 0.2) is 12.1 Å². The van der Waals surface area contributed by atoms with Crippen LogP contribution < -0.4 is 5.32 Å². The minimum atomic E-state index is 0.426. The summed E-state index contributed by atoms with van der Waals surface area (Å²) < 4.78 is 0. The summed E-state index contributed by atoms with van der Waals surface area (Å²) >= 11 is 5.75. The zero-order valence-electron chi connectivity index (χ0n) is 12.5. The molecule has 2 heterocycles. The van der Waals surface area contributed by atoms with Crippen molar-refractivity contribution in [1.29, 1.82) is 0 Å². The maximum atomic E-state index is 5.75. The summed E-state index contributed by atoms with van der Waals surface area (Å²) in [5.74, 6) is 1.39. The van der Waals surface area contributed by atoms with Crippen molar-refractivity contribution in [2.75, 3.05) is 45.1 Å². The number of aromatic nitrogens is 2. The van der Waals surface area contributed by atoms with Crippen LogP contribution in [0.2, 0.25) is 5.15 Å². The van der Waals surface area contributed by atoms with E-state index in [0.717, 1.165) is 38.5 Å². The van der Waals surface area contributed by atoms with Gasteiger partial charge in [0, 0.05) is 38.8 Å². The third-order valence-corrected chi connectivity index (χ3v) is 4.10. The second-order valence-corrected chi connectivity index (χ2v) is 6.16. The van der Waals surface area contributed by atoms with E-state index < -0.39 is 0 Å². The highest BCUT2D eigenvalue weighted by molar-refractivity contribution is 6.29. The average Bonchev–Trinajstić information content (AvgIpc) is 2.43. The van der Waals surface area contributed by atoms with Crippen molar-refractivity contribution >= 4 is 17.4 Å². The molecule has 1 N–H and O–H groups in total. The van der Waals surface area contributed by atoms with Gasteiger partial charge < -0.3 is 10.2 Å². The molecule has 112 valence electrons. The lowest BCUT2D eigenvalue weighted by atomic mass is 10.0. The molecule has 6 heteroatoms. The summed E-state index contributed by atoms with van der Waals surface area (Å²) in [6.45, 7) is 9.99. The van der Waals surface area contributed by atoms with Crippen molar-refractivity contribution in [1.82, 2.24) is 20.0 Å². The number of likely N-dealkylation sites (N-methyl/N-ethyl adjacent to an activating group) is 1. The first kappa shape index (κ1) is 15.5. The third kappa shape index (κ3) is 4.30. The molecule has 0 aromatic carbocycles. The molecule has 1 unspecified atom stereocenters. The zero-order valence-corrected chi connectivity index (χ0v) is 13.3. The van der Waals surface area contributed by atoms with Gasteiger partial charge in [0.05, 0.1) is 0 Å². The van der Waals surface area contributed by atoms with Gasteiger partial charge in [-0.05, 0) is 25.1 Å². The summed E-state index contributed by atoms with van der Waals surface area (Å²) in [7, 11) is 2.18. The van der Waals surface area contributed by atoms with Crippen molar-refractivity contribution in [2.24, 2.45) is 5.92 Å². The molecule has 5 nitrogen and oxygen atoms in total. The van der Waals surface area contributed by atoms with E-state index in [4.69, 9.17) is 11.6 Å². The fraction of sp³-hybridized carbons (Fsp3) is 0.714. The quantitative estimate of drug-likeness (QED) is 0.898. The Morgan fingerprint density at radius 3 is 2.45 bits per heavy atom. The SMILES string of the molecule is CC(C)C(CNc1ccc(Cl)nn1)N1CCN(C)CC1. The molecule has 1 aromatic heterocycles. The minimum Gasteiger partial charge on any atom is -0.367 e. The maximum Gasteiger partial charge on any atom is 0.151 e. The minimum absolute atomic E-state index is 0.426. The molecule has 0 bridgehead atoms. The van der Waals surface area contributed by atoms with Gasteiger partial charge in [-0.15, -0.1) is 10.2 Å². The second-order valence-electron chi connectivity index (χ2n) is 5.77. The number of hydrogen-bond acceptors (Lipinski definition) is 5. The van der Waals surface area contributed by atoms with Crippen LogP contribution in [-0.2, 0) is 0 Å². The van der Waals surface area contributed by atoms with Crippen molar-refractivity contribution in [3.63, 3.8) is 0 Å². The van der Waals surface area contributed by atoms with Crippen molar-refractivity contribution in [3.8, 4) is 0 Å². The van der Waals surface area contributed by atoms with Crippen LogP contribution in [0.25, 0.3) is 0 Å². The Morgan fingerprint density at radius 2 is 1.90 bits per heavy atom. The Labute approximate surface area is 126 Å². The molecule has 2 rings (SSSR count). The van der Waals surface area contributed by atoms with Crippen LogP contribution in [-0.4, -0.2) is 65.8 Å². The number of hydrogen-bond donors (Lipinski definition) is 1. The number of piperazine rings is 1. The first-order chi connectivity index (χ1) is 9.56. The van der Waals surface area contributed by atoms with E-state index in [0.29, 0.717) is 17.1 Å². The monoisotopic (exact) mass is 297 g/mol. The van der Waals surface area contributed by atoms with Gasteiger partial charge in [0.1, 0.15) is 5.82 Å². The lowest BCUT2D eigenvalue weighted by Gasteiger charge is -2.40. The van der Waals surface area contributed by atoms with Crippen LogP contribution in [0.3, 0.4) is 0 Å². The predicted octanol–water partition coefficient (Wildman–Crippen LogP) is 1.81. The van der Waals surface area contributed by atoms with Crippen molar-refractivity contribution in [2.45, 2.75) is 19.9 Å². The summed E-state index contributed by atoms with van der Waals surface area (Å²) in [4.78, 5) is 4.95. The molecule has 1 atom stereocenters. The van der Waals surface area contributed by atoms with E-state index >= 15 is 0 Å². The number of halogens is 1. The molecule has 1 saturated heterocycles. The number of anilines is 1. The Morgan fingerprint density at radius 1 is 1.20 bits per heavy atom. The third-order valence-electron chi connectivity index (χ3n) is 3.90.